The van der Waals surface area contributed by atoms with E-state index in [1.165, 1.54) is 40.0 Å². The number of carbonyl (C=O) groups is 1. The largest absolute Gasteiger partial charge is 0.389 e. The number of nitrogens with zero attached hydrogens (tertiary/aromatic N) is 2. The summed E-state index contributed by atoms with van der Waals surface area (Å²) in [6, 6.07) is 15.9. The summed E-state index contributed by atoms with van der Waals surface area (Å²) in [7, 11) is 0. The second-order valence-electron chi connectivity index (χ2n) is 5.89. The zero-order valence-corrected chi connectivity index (χ0v) is 16.9. The minimum atomic E-state index is -0.106. The molecule has 0 bridgehead atoms. The van der Waals surface area contributed by atoms with Crippen LogP contribution in [0.25, 0.3) is 21.5 Å². The predicted molar refractivity (Wildman–Crippen MR) is 116 cm³/mol. The van der Waals surface area contributed by atoms with E-state index in [1.807, 2.05) is 49.4 Å². The minimum Gasteiger partial charge on any atom is -0.389 e. The van der Waals surface area contributed by atoms with Crippen LogP contribution in [-0.4, -0.2) is 21.6 Å². The van der Waals surface area contributed by atoms with Crippen molar-refractivity contribution < 1.29 is 4.79 Å². The Kier molecular flexibility index (Phi) is 5.11. The lowest BCUT2D eigenvalue weighted by Gasteiger charge is -1.99. The van der Waals surface area contributed by atoms with Crippen LogP contribution in [0.5, 0.6) is 0 Å². The molecule has 2 heterocycles. The van der Waals surface area contributed by atoms with E-state index in [1.54, 1.807) is 0 Å². The molecule has 4 aromatic rings. The van der Waals surface area contributed by atoms with E-state index in [-0.39, 0.29) is 11.7 Å². The Morgan fingerprint density at radius 2 is 1.96 bits per heavy atom. The number of fused-ring (bicyclic) bond motifs is 1. The van der Waals surface area contributed by atoms with Crippen LogP contribution in [-0.2, 0) is 4.79 Å². The maximum Gasteiger partial charge on any atom is 0.236 e. The average molecular weight is 413 g/mol. The van der Waals surface area contributed by atoms with Gasteiger partial charge in [-0.1, -0.05) is 70.8 Å². The van der Waals surface area contributed by atoms with E-state index in [2.05, 4.69) is 21.4 Å². The third-order valence-electron chi connectivity index (χ3n) is 3.80. The number of thioether (sulfide) groups is 1. The van der Waals surface area contributed by atoms with Gasteiger partial charge in [0.05, 0.1) is 16.0 Å². The van der Waals surface area contributed by atoms with Crippen molar-refractivity contribution in [3.05, 3.63) is 54.1 Å². The van der Waals surface area contributed by atoms with E-state index in [9.17, 15) is 4.79 Å². The number of nitrogens with two attached hydrogens (primary N) is 1. The third kappa shape index (κ3) is 4.13. The first-order chi connectivity index (χ1) is 13.1. The van der Waals surface area contributed by atoms with Gasteiger partial charge in [0.25, 0.3) is 0 Å². The highest BCUT2D eigenvalue weighted by Crippen LogP contribution is 2.35. The molecule has 0 aliphatic rings. The Morgan fingerprint density at radius 3 is 2.78 bits per heavy atom. The van der Waals surface area contributed by atoms with Crippen molar-refractivity contribution >= 4 is 60.7 Å². The highest BCUT2D eigenvalue weighted by Gasteiger charge is 2.13. The molecule has 4 rings (SSSR count). The Balaban J connectivity index is 1.40. The normalized spacial score (nSPS) is 11.0. The molecule has 136 valence electrons. The number of rotatable bonds is 5. The van der Waals surface area contributed by atoms with Crippen LogP contribution in [0.15, 0.2) is 52.9 Å². The lowest BCUT2D eigenvalue weighted by atomic mass is 10.2. The number of nitrogen functional groups attached to an aromatic ring is 1. The smallest absolute Gasteiger partial charge is 0.236 e. The SMILES string of the molecule is Cc1ccc2nc(NC(=O)CSc3nc(-c4ccccc4)c(N)s3)sc2c1. The highest BCUT2D eigenvalue weighted by molar-refractivity contribution is 8.01. The summed E-state index contributed by atoms with van der Waals surface area (Å²) in [5.74, 6) is 0.154. The standard InChI is InChI=1S/C19H16N4OS3/c1-11-7-8-13-14(9-11)26-18(21-13)22-15(24)10-25-19-23-16(17(20)27-19)12-5-3-2-4-6-12/h2-9H,10,20H2,1H3,(H,21,22,24). The number of hydrogen-bond donors (Lipinski definition) is 2. The van der Waals surface area contributed by atoms with Gasteiger partial charge in [0, 0.05) is 5.56 Å². The van der Waals surface area contributed by atoms with Crippen LogP contribution in [0.4, 0.5) is 10.1 Å². The fourth-order valence-electron chi connectivity index (χ4n) is 2.54. The predicted octanol–water partition coefficient (Wildman–Crippen LogP) is 5.04. The van der Waals surface area contributed by atoms with Gasteiger partial charge in [0.2, 0.25) is 5.91 Å². The topological polar surface area (TPSA) is 80.9 Å². The van der Waals surface area contributed by atoms with E-state index in [4.69, 9.17) is 5.73 Å². The van der Waals surface area contributed by atoms with Crippen molar-refractivity contribution in [3.8, 4) is 11.3 Å². The molecular weight excluding hydrogens is 396 g/mol. The number of carbonyl (C=O) groups excluding carboxylic acids is 1. The van der Waals surface area contributed by atoms with E-state index >= 15 is 0 Å². The summed E-state index contributed by atoms with van der Waals surface area (Å²) >= 11 is 4.26. The summed E-state index contributed by atoms with van der Waals surface area (Å²) in [4.78, 5) is 21.3. The molecule has 2 aromatic heterocycles. The minimum absolute atomic E-state index is 0.106. The van der Waals surface area contributed by atoms with Gasteiger partial charge in [0.1, 0.15) is 10.7 Å². The molecule has 0 aliphatic heterocycles. The number of amides is 1. The molecule has 27 heavy (non-hydrogen) atoms. The zero-order valence-electron chi connectivity index (χ0n) is 14.4. The second-order valence-corrected chi connectivity index (χ2v) is 9.17. The average Bonchev–Trinajstić information content (AvgIpc) is 3.23. The van der Waals surface area contributed by atoms with Gasteiger partial charge in [-0.2, -0.15) is 0 Å². The number of nitrogens with one attached hydrogen (secondary N) is 1. The number of thiazole rings is 2. The number of aryl methyl sites for hydroxylation is 1. The van der Waals surface area contributed by atoms with Crippen LogP contribution in [0.3, 0.4) is 0 Å². The molecule has 1 amide bonds. The lowest BCUT2D eigenvalue weighted by molar-refractivity contribution is -0.113. The van der Waals surface area contributed by atoms with Gasteiger partial charge in [-0.15, -0.1) is 0 Å². The maximum atomic E-state index is 12.3. The van der Waals surface area contributed by atoms with Gasteiger partial charge >= 0.3 is 0 Å². The summed E-state index contributed by atoms with van der Waals surface area (Å²) in [6.45, 7) is 2.04. The molecule has 0 spiro atoms. The Hall–Kier alpha value is -2.42. The Labute approximate surface area is 168 Å². The third-order valence-corrected chi connectivity index (χ3v) is 6.76. The molecule has 0 fully saturated rings. The quantitative estimate of drug-likeness (QED) is 0.449. The fraction of sp³-hybridized carbons (Fsp3) is 0.105. The molecule has 0 saturated heterocycles. The summed E-state index contributed by atoms with van der Waals surface area (Å²) < 4.78 is 1.85. The van der Waals surface area contributed by atoms with Gasteiger partial charge in [-0.25, -0.2) is 9.97 Å². The lowest BCUT2D eigenvalue weighted by Crippen LogP contribution is -2.13. The molecule has 3 N–H and O–H groups in total. The molecule has 0 atom stereocenters. The van der Waals surface area contributed by atoms with Crippen molar-refractivity contribution in [1.29, 1.82) is 0 Å². The van der Waals surface area contributed by atoms with Crippen LogP contribution in [0, 0.1) is 6.92 Å². The molecule has 5 nitrogen and oxygen atoms in total. The summed E-state index contributed by atoms with van der Waals surface area (Å²) in [5, 5.41) is 4.14. The van der Waals surface area contributed by atoms with E-state index in [0.29, 0.717) is 10.1 Å². The zero-order chi connectivity index (χ0) is 18.8. The number of hydrogen-bond acceptors (Lipinski definition) is 7. The Bertz CT molecular complexity index is 1100. The first-order valence-corrected chi connectivity index (χ1v) is 10.8. The van der Waals surface area contributed by atoms with Crippen molar-refractivity contribution in [2.75, 3.05) is 16.8 Å². The van der Waals surface area contributed by atoms with Crippen LogP contribution < -0.4 is 11.1 Å². The molecule has 0 saturated carbocycles. The number of aromatic nitrogens is 2. The van der Waals surface area contributed by atoms with Gasteiger partial charge in [-0.05, 0) is 24.6 Å². The summed E-state index contributed by atoms with van der Waals surface area (Å²) in [5.41, 5.74) is 9.91. The first kappa shape index (κ1) is 18.0. The van der Waals surface area contributed by atoms with Gasteiger partial charge < -0.3 is 11.1 Å². The van der Waals surface area contributed by atoms with Crippen LogP contribution in [0.2, 0.25) is 0 Å². The Morgan fingerprint density at radius 1 is 1.15 bits per heavy atom. The molecule has 0 radical (unpaired) electrons. The van der Waals surface area contributed by atoms with Crippen LogP contribution in [0.1, 0.15) is 5.56 Å². The van der Waals surface area contributed by atoms with E-state index in [0.717, 1.165) is 25.8 Å². The van der Waals surface area contributed by atoms with Crippen molar-refractivity contribution in [2.45, 2.75) is 11.3 Å². The number of anilines is 2. The molecule has 8 heteroatoms. The maximum absolute atomic E-state index is 12.3. The van der Waals surface area contributed by atoms with Crippen molar-refractivity contribution in [2.24, 2.45) is 0 Å². The van der Waals surface area contributed by atoms with Crippen molar-refractivity contribution in [1.82, 2.24) is 9.97 Å². The fourth-order valence-corrected chi connectivity index (χ4v) is 5.27. The van der Waals surface area contributed by atoms with Crippen LogP contribution >= 0.6 is 34.4 Å². The monoisotopic (exact) mass is 412 g/mol. The van der Waals surface area contributed by atoms with E-state index < -0.39 is 0 Å². The van der Waals surface area contributed by atoms with Gasteiger partial charge in [-0.3, -0.25) is 4.79 Å². The molecule has 2 aromatic carbocycles. The highest BCUT2D eigenvalue weighted by atomic mass is 32.2. The second kappa shape index (κ2) is 7.67. The molecular formula is C19H16N4OS3. The van der Waals surface area contributed by atoms with Crippen molar-refractivity contribution in [3.63, 3.8) is 0 Å². The summed E-state index contributed by atoms with van der Waals surface area (Å²) in [6.07, 6.45) is 0. The first-order valence-electron chi connectivity index (χ1n) is 8.20. The van der Waals surface area contributed by atoms with Gasteiger partial charge in [0.15, 0.2) is 9.47 Å². The molecule has 0 unspecified atom stereocenters. The number of benzene rings is 2. The molecule has 0 aliphatic carbocycles.